The van der Waals surface area contributed by atoms with Crippen LogP contribution in [0.5, 0.6) is 0 Å². The maximum Gasteiger partial charge on any atom is 0.231 e. The van der Waals surface area contributed by atoms with Crippen LogP contribution in [0.2, 0.25) is 10.0 Å². The third-order valence-corrected chi connectivity index (χ3v) is 4.36. The van der Waals surface area contributed by atoms with Crippen LogP contribution in [-0.2, 0) is 6.42 Å². The van der Waals surface area contributed by atoms with Gasteiger partial charge in [0.15, 0.2) is 11.5 Å². The van der Waals surface area contributed by atoms with Gasteiger partial charge in [0.1, 0.15) is 5.82 Å². The minimum absolute atomic E-state index is 0.338. The zero-order valence-corrected chi connectivity index (χ0v) is 16.1. The maximum absolute atomic E-state index is 7.03. The quantitative estimate of drug-likeness (QED) is 0.416. The molecule has 1 heterocycles. The highest BCUT2D eigenvalue weighted by Gasteiger charge is 2.11. The summed E-state index contributed by atoms with van der Waals surface area (Å²) in [5.41, 5.74) is 7.30. The van der Waals surface area contributed by atoms with Crippen molar-refractivity contribution in [3.05, 3.63) is 99.2 Å². The Bertz CT molecular complexity index is 1120. The standard InChI is InChI=1S/C21H13Cl2N5/c1-3-4-8-19-26-20(13-16-17(22)6-5-7-18(16)23)28-21(27-19)25-15-11-9-14(24-2)10-12-15/h5-12H,1,13H2,(H,25,26,27,28). The molecule has 2 aromatic carbocycles. The lowest BCUT2D eigenvalue weighted by atomic mass is 10.1. The van der Waals surface area contributed by atoms with Crippen LogP contribution >= 0.6 is 23.2 Å². The molecule has 3 aromatic rings. The van der Waals surface area contributed by atoms with Gasteiger partial charge in [-0.25, -0.2) is 9.83 Å². The molecule has 0 saturated carbocycles. The van der Waals surface area contributed by atoms with Gasteiger partial charge in [-0.05, 0) is 36.4 Å². The number of nitrogens with one attached hydrogen (secondary N) is 1. The van der Waals surface area contributed by atoms with Gasteiger partial charge < -0.3 is 5.32 Å². The molecule has 136 valence electrons. The fourth-order valence-corrected chi connectivity index (χ4v) is 2.89. The molecule has 1 aromatic heterocycles. The second-order valence-electron chi connectivity index (χ2n) is 5.56. The van der Waals surface area contributed by atoms with Crippen molar-refractivity contribution in [2.45, 2.75) is 6.42 Å². The van der Waals surface area contributed by atoms with Crippen molar-refractivity contribution < 1.29 is 0 Å². The molecule has 0 aliphatic heterocycles. The summed E-state index contributed by atoms with van der Waals surface area (Å²) < 4.78 is 0. The largest absolute Gasteiger partial charge is 0.324 e. The van der Waals surface area contributed by atoms with Gasteiger partial charge in [-0.2, -0.15) is 9.97 Å². The number of nitrogens with zero attached hydrogens (tertiary/aromatic N) is 4. The Kier molecular flexibility index (Phi) is 6.24. The summed E-state index contributed by atoms with van der Waals surface area (Å²) in [4.78, 5) is 16.6. The van der Waals surface area contributed by atoms with E-state index in [0.29, 0.717) is 39.8 Å². The predicted octanol–water partition coefficient (Wildman–Crippen LogP) is 6.02. The van der Waals surface area contributed by atoms with Crippen LogP contribution < -0.4 is 5.32 Å². The van der Waals surface area contributed by atoms with Gasteiger partial charge in [0.05, 0.1) is 6.57 Å². The molecular formula is C21H13Cl2N5. The van der Waals surface area contributed by atoms with E-state index in [1.807, 2.05) is 0 Å². The van der Waals surface area contributed by atoms with Gasteiger partial charge in [0.25, 0.3) is 0 Å². The lowest BCUT2D eigenvalue weighted by Gasteiger charge is -2.09. The molecule has 0 saturated heterocycles. The Morgan fingerprint density at radius 1 is 1.07 bits per heavy atom. The highest BCUT2D eigenvalue weighted by Crippen LogP contribution is 2.26. The first-order valence-corrected chi connectivity index (χ1v) is 8.88. The molecule has 28 heavy (non-hydrogen) atoms. The Morgan fingerprint density at radius 3 is 2.43 bits per heavy atom. The second kappa shape index (κ2) is 9.01. The van der Waals surface area contributed by atoms with Gasteiger partial charge in [-0.1, -0.05) is 52.9 Å². The van der Waals surface area contributed by atoms with E-state index in [-0.39, 0.29) is 0 Å². The molecule has 0 amide bonds. The summed E-state index contributed by atoms with van der Waals surface area (Å²) in [5.74, 6) is 1.23. The minimum atomic E-state index is 0.338. The Labute approximate surface area is 172 Å². The van der Waals surface area contributed by atoms with E-state index in [1.165, 1.54) is 0 Å². The number of anilines is 2. The zero-order valence-electron chi connectivity index (χ0n) is 14.6. The van der Waals surface area contributed by atoms with Crippen LogP contribution in [-0.4, -0.2) is 15.0 Å². The Hall–Kier alpha value is -3.38. The van der Waals surface area contributed by atoms with Crippen molar-refractivity contribution in [2.75, 3.05) is 5.32 Å². The summed E-state index contributed by atoms with van der Waals surface area (Å²) >= 11 is 12.5. The number of halogens is 2. The van der Waals surface area contributed by atoms with Crippen molar-refractivity contribution in [1.82, 2.24) is 15.0 Å². The molecule has 0 radical (unpaired) electrons. The summed E-state index contributed by atoms with van der Waals surface area (Å²) in [6.45, 7) is 10.5. The fourth-order valence-electron chi connectivity index (χ4n) is 2.36. The van der Waals surface area contributed by atoms with Crippen LogP contribution in [0.15, 0.2) is 60.5 Å². The number of hydrogen-bond acceptors (Lipinski definition) is 4. The molecule has 0 unspecified atom stereocenters. The molecule has 7 heteroatoms. The molecular weight excluding hydrogens is 393 g/mol. The third-order valence-electron chi connectivity index (χ3n) is 3.65. The zero-order chi connectivity index (χ0) is 19.9. The van der Waals surface area contributed by atoms with Gasteiger partial charge in [-0.15, -0.1) is 0 Å². The third kappa shape index (κ3) is 4.86. The monoisotopic (exact) mass is 405 g/mol. The topological polar surface area (TPSA) is 55.1 Å². The van der Waals surface area contributed by atoms with Crippen molar-refractivity contribution in [3.8, 4) is 0 Å². The molecule has 0 bridgehead atoms. The van der Waals surface area contributed by atoms with Crippen molar-refractivity contribution >= 4 is 46.6 Å². The minimum Gasteiger partial charge on any atom is -0.324 e. The average Bonchev–Trinajstić information content (AvgIpc) is 2.70. The predicted molar refractivity (Wildman–Crippen MR) is 112 cm³/mol. The molecule has 0 aliphatic rings. The Morgan fingerprint density at radius 2 is 1.79 bits per heavy atom. The highest BCUT2D eigenvalue weighted by atomic mass is 35.5. The normalized spacial score (nSPS) is 9.75. The number of aromatic nitrogens is 3. The van der Waals surface area contributed by atoms with Crippen molar-refractivity contribution in [2.24, 2.45) is 0 Å². The van der Waals surface area contributed by atoms with E-state index in [4.69, 9.17) is 29.8 Å². The maximum atomic E-state index is 7.03. The van der Waals surface area contributed by atoms with Gasteiger partial charge in [-0.3, -0.25) is 0 Å². The molecule has 0 atom stereocenters. The molecule has 0 aliphatic carbocycles. The van der Waals surface area contributed by atoms with Gasteiger partial charge in [0.2, 0.25) is 5.95 Å². The van der Waals surface area contributed by atoms with Gasteiger partial charge >= 0.3 is 0 Å². The van der Waals surface area contributed by atoms with Crippen molar-refractivity contribution in [1.29, 1.82) is 0 Å². The lowest BCUT2D eigenvalue weighted by molar-refractivity contribution is 0.915. The summed E-state index contributed by atoms with van der Waals surface area (Å²) in [5, 5.41) is 4.20. The molecule has 5 nitrogen and oxygen atoms in total. The highest BCUT2D eigenvalue weighted by molar-refractivity contribution is 6.36. The summed E-state index contributed by atoms with van der Waals surface area (Å²) in [7, 11) is 0. The number of rotatable bonds is 5. The first-order chi connectivity index (χ1) is 13.6. The van der Waals surface area contributed by atoms with Crippen LogP contribution in [0.25, 0.3) is 10.9 Å². The van der Waals surface area contributed by atoms with E-state index >= 15 is 0 Å². The van der Waals surface area contributed by atoms with Crippen LogP contribution in [0.3, 0.4) is 0 Å². The van der Waals surface area contributed by atoms with E-state index in [2.05, 4.69) is 43.2 Å². The van der Waals surface area contributed by atoms with E-state index in [9.17, 15) is 0 Å². The summed E-state index contributed by atoms with van der Waals surface area (Å²) in [6.07, 6.45) is 1.89. The summed E-state index contributed by atoms with van der Waals surface area (Å²) in [6, 6.07) is 12.3. The molecule has 0 spiro atoms. The number of hydrogen-bond donors (Lipinski definition) is 1. The lowest BCUT2D eigenvalue weighted by Crippen LogP contribution is -2.06. The van der Waals surface area contributed by atoms with Crippen LogP contribution in [0, 0.1) is 6.57 Å². The van der Waals surface area contributed by atoms with Crippen LogP contribution in [0.4, 0.5) is 17.3 Å². The fraction of sp³-hybridized carbons (Fsp3) is 0.0476. The van der Waals surface area contributed by atoms with Crippen molar-refractivity contribution in [3.63, 3.8) is 0 Å². The average molecular weight is 406 g/mol. The van der Waals surface area contributed by atoms with Crippen LogP contribution in [0.1, 0.15) is 17.2 Å². The molecule has 3 rings (SSSR count). The van der Waals surface area contributed by atoms with E-state index < -0.39 is 0 Å². The van der Waals surface area contributed by atoms with E-state index in [0.717, 1.165) is 11.3 Å². The SMILES string of the molecule is [C-]#[N+]c1ccc(Nc2nc(C=C=C=C)nc(Cc3c(Cl)cccc3Cl)n2)cc1. The second-order valence-corrected chi connectivity index (χ2v) is 6.37. The first kappa shape index (κ1) is 19.4. The van der Waals surface area contributed by atoms with E-state index in [1.54, 1.807) is 48.5 Å². The molecule has 0 fully saturated rings. The van der Waals surface area contributed by atoms with Gasteiger partial charge in [0, 0.05) is 28.2 Å². The smallest absolute Gasteiger partial charge is 0.231 e. The number of benzene rings is 2. The first-order valence-electron chi connectivity index (χ1n) is 8.12. The Balaban J connectivity index is 1.97. The molecule has 1 N–H and O–H groups in total.